The molecule has 1 fully saturated rings. The highest BCUT2D eigenvalue weighted by molar-refractivity contribution is 7.80. The van der Waals surface area contributed by atoms with Gasteiger partial charge in [0.25, 0.3) is 0 Å². The van der Waals surface area contributed by atoms with Gasteiger partial charge in [0.05, 0.1) is 5.69 Å². The molecule has 21 heavy (non-hydrogen) atoms. The topological polar surface area (TPSA) is 29.1 Å². The van der Waals surface area contributed by atoms with Gasteiger partial charge in [-0.15, -0.1) is 12.6 Å². The van der Waals surface area contributed by atoms with Crippen LogP contribution in [0, 0.1) is 5.41 Å². The number of nitrogens with one attached hydrogen (secondary N) is 1. The molecule has 1 amide bonds. The summed E-state index contributed by atoms with van der Waals surface area (Å²) < 4.78 is 0. The Morgan fingerprint density at radius 2 is 1.81 bits per heavy atom. The first kappa shape index (κ1) is 14.5. The molecule has 1 saturated carbocycles. The molecule has 3 heteroatoms. The number of thiol groups is 1. The van der Waals surface area contributed by atoms with Gasteiger partial charge in [0.2, 0.25) is 5.91 Å². The standard InChI is InChI=1S/C18H21NOS/c1-18(11-5-2-6-12-18)17(20)19-16-14-8-4-3-7-13(14)9-10-15(16)21/h3-4,7-10,21H,2,5-6,11-12H2,1H3,(H,19,20). The lowest BCUT2D eigenvalue weighted by atomic mass is 9.75. The van der Waals surface area contributed by atoms with E-state index in [1.807, 2.05) is 30.3 Å². The number of hydrogen-bond donors (Lipinski definition) is 2. The van der Waals surface area contributed by atoms with Crippen molar-refractivity contribution in [3.05, 3.63) is 36.4 Å². The van der Waals surface area contributed by atoms with Gasteiger partial charge in [-0.05, 0) is 24.3 Å². The van der Waals surface area contributed by atoms with Crippen molar-refractivity contribution in [2.45, 2.75) is 43.9 Å². The molecule has 0 saturated heterocycles. The largest absolute Gasteiger partial charge is 0.324 e. The number of rotatable bonds is 2. The Bertz CT molecular complexity index is 674. The number of fused-ring (bicyclic) bond motifs is 1. The lowest BCUT2D eigenvalue weighted by Crippen LogP contribution is -2.35. The Hall–Kier alpha value is -1.48. The number of carbonyl (C=O) groups is 1. The van der Waals surface area contributed by atoms with Gasteiger partial charge in [-0.25, -0.2) is 0 Å². The SMILES string of the molecule is CC1(C(=O)Nc2c(S)ccc3ccccc23)CCCCC1. The summed E-state index contributed by atoms with van der Waals surface area (Å²) in [4.78, 5) is 13.6. The molecule has 0 heterocycles. The van der Waals surface area contributed by atoms with E-state index in [1.54, 1.807) is 0 Å². The summed E-state index contributed by atoms with van der Waals surface area (Å²) in [5.41, 5.74) is 0.600. The Balaban J connectivity index is 1.94. The number of anilines is 1. The van der Waals surface area contributed by atoms with E-state index in [0.717, 1.165) is 47.0 Å². The summed E-state index contributed by atoms with van der Waals surface area (Å²) in [6.45, 7) is 2.09. The van der Waals surface area contributed by atoms with E-state index in [9.17, 15) is 4.79 Å². The van der Waals surface area contributed by atoms with E-state index in [4.69, 9.17) is 0 Å². The number of benzene rings is 2. The van der Waals surface area contributed by atoms with E-state index in [0.29, 0.717) is 0 Å². The molecule has 110 valence electrons. The minimum Gasteiger partial charge on any atom is -0.324 e. The van der Waals surface area contributed by atoms with Crippen LogP contribution in [-0.4, -0.2) is 5.91 Å². The van der Waals surface area contributed by atoms with Gasteiger partial charge in [0, 0.05) is 15.7 Å². The number of carbonyl (C=O) groups excluding carboxylic acids is 1. The smallest absolute Gasteiger partial charge is 0.230 e. The zero-order valence-electron chi connectivity index (χ0n) is 12.4. The van der Waals surface area contributed by atoms with Gasteiger partial charge < -0.3 is 5.32 Å². The summed E-state index contributed by atoms with van der Waals surface area (Å²) >= 11 is 4.52. The van der Waals surface area contributed by atoms with E-state index in [2.05, 4.69) is 30.9 Å². The van der Waals surface area contributed by atoms with Crippen molar-refractivity contribution in [3.8, 4) is 0 Å². The lowest BCUT2D eigenvalue weighted by Gasteiger charge is -2.32. The van der Waals surface area contributed by atoms with Crippen molar-refractivity contribution in [2.24, 2.45) is 5.41 Å². The van der Waals surface area contributed by atoms with Crippen LogP contribution in [0.5, 0.6) is 0 Å². The molecule has 2 aromatic rings. The first-order valence-electron chi connectivity index (χ1n) is 7.62. The van der Waals surface area contributed by atoms with E-state index in [1.165, 1.54) is 6.42 Å². The van der Waals surface area contributed by atoms with Crippen LogP contribution in [0.25, 0.3) is 10.8 Å². The molecule has 0 bridgehead atoms. The second kappa shape index (κ2) is 5.72. The zero-order chi connectivity index (χ0) is 14.9. The molecule has 1 aliphatic rings. The highest BCUT2D eigenvalue weighted by Crippen LogP contribution is 2.38. The number of amides is 1. The van der Waals surface area contributed by atoms with Crippen molar-refractivity contribution < 1.29 is 4.79 Å². The second-order valence-electron chi connectivity index (χ2n) is 6.26. The van der Waals surface area contributed by atoms with Crippen LogP contribution in [0.1, 0.15) is 39.0 Å². The van der Waals surface area contributed by atoms with Crippen LogP contribution < -0.4 is 5.32 Å². The molecule has 2 aromatic carbocycles. The molecule has 2 nitrogen and oxygen atoms in total. The van der Waals surface area contributed by atoms with Crippen LogP contribution in [0.2, 0.25) is 0 Å². The minimum atomic E-state index is -0.241. The summed E-state index contributed by atoms with van der Waals surface area (Å²) in [7, 11) is 0. The van der Waals surface area contributed by atoms with Gasteiger partial charge in [0.15, 0.2) is 0 Å². The average molecular weight is 299 g/mol. The van der Waals surface area contributed by atoms with E-state index >= 15 is 0 Å². The Labute approximate surface area is 131 Å². The molecular formula is C18H21NOS. The third kappa shape index (κ3) is 2.80. The number of hydrogen-bond acceptors (Lipinski definition) is 2. The molecule has 0 aromatic heterocycles. The van der Waals surface area contributed by atoms with E-state index < -0.39 is 0 Å². The zero-order valence-corrected chi connectivity index (χ0v) is 13.2. The van der Waals surface area contributed by atoms with Crippen LogP contribution in [0.4, 0.5) is 5.69 Å². The Morgan fingerprint density at radius 1 is 1.10 bits per heavy atom. The van der Waals surface area contributed by atoms with Crippen molar-refractivity contribution in [2.75, 3.05) is 5.32 Å². The predicted octanol–water partition coefficient (Wildman–Crippen LogP) is 5.04. The molecule has 0 atom stereocenters. The molecule has 3 rings (SSSR count). The molecule has 0 aliphatic heterocycles. The summed E-state index contributed by atoms with van der Waals surface area (Å²) in [5, 5.41) is 5.33. The van der Waals surface area contributed by atoms with Gasteiger partial charge in [-0.2, -0.15) is 0 Å². The highest BCUT2D eigenvalue weighted by atomic mass is 32.1. The summed E-state index contributed by atoms with van der Waals surface area (Å²) in [6.07, 6.45) is 5.49. The minimum absolute atomic E-state index is 0.133. The third-order valence-corrected chi connectivity index (χ3v) is 5.02. The molecule has 0 spiro atoms. The van der Waals surface area contributed by atoms with Crippen LogP contribution in [0.3, 0.4) is 0 Å². The van der Waals surface area contributed by atoms with Gasteiger partial charge >= 0.3 is 0 Å². The Morgan fingerprint density at radius 3 is 2.57 bits per heavy atom. The summed E-state index contributed by atoms with van der Waals surface area (Å²) in [5.74, 6) is 0.133. The van der Waals surface area contributed by atoms with Crippen LogP contribution in [0.15, 0.2) is 41.3 Å². The predicted molar refractivity (Wildman–Crippen MR) is 91.0 cm³/mol. The molecular weight excluding hydrogens is 278 g/mol. The van der Waals surface area contributed by atoms with Crippen LogP contribution >= 0.6 is 12.6 Å². The molecule has 0 radical (unpaired) electrons. The fourth-order valence-electron chi connectivity index (χ4n) is 3.21. The molecule has 1 N–H and O–H groups in total. The normalized spacial score (nSPS) is 17.6. The monoisotopic (exact) mass is 299 g/mol. The molecule has 1 aliphatic carbocycles. The van der Waals surface area contributed by atoms with Crippen LogP contribution in [-0.2, 0) is 4.79 Å². The van der Waals surface area contributed by atoms with Crippen molar-refractivity contribution in [3.63, 3.8) is 0 Å². The second-order valence-corrected chi connectivity index (χ2v) is 6.74. The first-order chi connectivity index (χ1) is 10.1. The van der Waals surface area contributed by atoms with Crippen molar-refractivity contribution >= 4 is 35.0 Å². The van der Waals surface area contributed by atoms with Gasteiger partial charge in [0.1, 0.15) is 0 Å². The van der Waals surface area contributed by atoms with Gasteiger partial charge in [-0.3, -0.25) is 4.79 Å². The fraction of sp³-hybridized carbons (Fsp3) is 0.389. The lowest BCUT2D eigenvalue weighted by molar-refractivity contribution is -0.126. The third-order valence-electron chi connectivity index (χ3n) is 4.65. The quantitative estimate of drug-likeness (QED) is 0.748. The average Bonchev–Trinajstić information content (AvgIpc) is 2.51. The first-order valence-corrected chi connectivity index (χ1v) is 8.07. The molecule has 0 unspecified atom stereocenters. The van der Waals surface area contributed by atoms with Crippen molar-refractivity contribution in [1.82, 2.24) is 0 Å². The van der Waals surface area contributed by atoms with E-state index in [-0.39, 0.29) is 11.3 Å². The maximum absolute atomic E-state index is 12.7. The maximum atomic E-state index is 12.7. The van der Waals surface area contributed by atoms with Gasteiger partial charge in [-0.1, -0.05) is 56.5 Å². The maximum Gasteiger partial charge on any atom is 0.230 e. The highest BCUT2D eigenvalue weighted by Gasteiger charge is 2.34. The summed E-state index contributed by atoms with van der Waals surface area (Å²) in [6, 6.07) is 12.1. The Kier molecular flexibility index (Phi) is 3.94. The van der Waals surface area contributed by atoms with Crippen molar-refractivity contribution in [1.29, 1.82) is 0 Å². The fourth-order valence-corrected chi connectivity index (χ4v) is 3.47.